The molecule has 2 aliphatic rings. The Kier molecular flexibility index (Phi) is 5.65. The molecule has 1 saturated carbocycles. The highest BCUT2D eigenvalue weighted by Crippen LogP contribution is 2.35. The van der Waals surface area contributed by atoms with Gasteiger partial charge in [-0.2, -0.15) is 5.10 Å². The molecule has 0 radical (unpaired) electrons. The second kappa shape index (κ2) is 8.35. The van der Waals surface area contributed by atoms with Crippen molar-refractivity contribution in [2.45, 2.75) is 51.0 Å². The number of nitrogens with zero attached hydrogens (tertiary/aromatic N) is 3. The first-order chi connectivity index (χ1) is 14.0. The van der Waals surface area contributed by atoms with E-state index >= 15 is 0 Å². The van der Waals surface area contributed by atoms with Crippen LogP contribution in [0.25, 0.3) is 10.8 Å². The third-order valence-electron chi connectivity index (χ3n) is 6.26. The van der Waals surface area contributed by atoms with Gasteiger partial charge < -0.3 is 9.64 Å². The lowest BCUT2D eigenvalue weighted by atomic mass is 9.78. The van der Waals surface area contributed by atoms with E-state index in [1.165, 1.54) is 23.9 Å². The summed E-state index contributed by atoms with van der Waals surface area (Å²) in [4.78, 5) is 39.2. The number of benzene rings is 1. The van der Waals surface area contributed by atoms with E-state index in [4.69, 9.17) is 4.74 Å². The van der Waals surface area contributed by atoms with Gasteiger partial charge in [0, 0.05) is 25.0 Å². The van der Waals surface area contributed by atoms with Crippen LogP contribution in [-0.2, 0) is 27.8 Å². The topological polar surface area (TPSA) is 81.5 Å². The Morgan fingerprint density at radius 1 is 1.10 bits per heavy atom. The molecule has 4 rings (SSSR count). The SMILES string of the molecule is Cn1nc(CC(=O)OCC(=O)N2CCC[C@H]3CCCC[C@H]32)c2ccccc2c1=O. The van der Waals surface area contributed by atoms with Gasteiger partial charge in [0.15, 0.2) is 6.61 Å². The van der Waals surface area contributed by atoms with Crippen molar-refractivity contribution < 1.29 is 14.3 Å². The molecule has 1 saturated heterocycles. The predicted octanol–water partition coefficient (Wildman–Crippen LogP) is 2.20. The Bertz CT molecular complexity index is 982. The van der Waals surface area contributed by atoms with Gasteiger partial charge in [0.05, 0.1) is 17.5 Å². The molecule has 0 spiro atoms. The van der Waals surface area contributed by atoms with Gasteiger partial charge in [-0.3, -0.25) is 14.4 Å². The van der Waals surface area contributed by atoms with Gasteiger partial charge in [-0.05, 0) is 37.7 Å². The van der Waals surface area contributed by atoms with Gasteiger partial charge in [-0.1, -0.05) is 31.0 Å². The molecule has 0 bridgehead atoms. The Morgan fingerprint density at radius 2 is 1.83 bits per heavy atom. The maximum absolute atomic E-state index is 12.7. The highest BCUT2D eigenvalue weighted by Gasteiger charge is 2.35. The number of hydrogen-bond acceptors (Lipinski definition) is 5. The summed E-state index contributed by atoms with van der Waals surface area (Å²) in [5.74, 6) is -0.0154. The molecule has 1 aliphatic heterocycles. The molecule has 29 heavy (non-hydrogen) atoms. The van der Waals surface area contributed by atoms with E-state index in [1.807, 2.05) is 4.90 Å². The molecule has 2 heterocycles. The number of carbonyl (C=O) groups excluding carboxylic acids is 2. The summed E-state index contributed by atoms with van der Waals surface area (Å²) in [5.41, 5.74) is 0.269. The van der Waals surface area contributed by atoms with Crippen LogP contribution in [-0.4, -0.2) is 45.8 Å². The van der Waals surface area contributed by atoms with E-state index in [-0.39, 0.29) is 24.5 Å². The highest BCUT2D eigenvalue weighted by atomic mass is 16.5. The zero-order valence-electron chi connectivity index (χ0n) is 16.8. The maximum atomic E-state index is 12.7. The summed E-state index contributed by atoms with van der Waals surface area (Å²) in [6.07, 6.45) is 6.80. The molecule has 1 aromatic heterocycles. The van der Waals surface area contributed by atoms with Gasteiger partial charge in [0.1, 0.15) is 0 Å². The molecule has 7 nitrogen and oxygen atoms in total. The molecule has 2 aromatic rings. The summed E-state index contributed by atoms with van der Waals surface area (Å²) in [5, 5.41) is 5.37. The first-order valence-electron chi connectivity index (χ1n) is 10.4. The van der Waals surface area contributed by atoms with E-state index in [0.717, 1.165) is 25.8 Å². The van der Waals surface area contributed by atoms with Crippen molar-refractivity contribution in [1.82, 2.24) is 14.7 Å². The number of likely N-dealkylation sites (tertiary alicyclic amines) is 1. The zero-order chi connectivity index (χ0) is 20.4. The summed E-state index contributed by atoms with van der Waals surface area (Å²) in [6, 6.07) is 7.38. The van der Waals surface area contributed by atoms with E-state index < -0.39 is 5.97 Å². The number of ether oxygens (including phenoxy) is 1. The molecule has 7 heteroatoms. The van der Waals surface area contributed by atoms with Crippen molar-refractivity contribution in [2.24, 2.45) is 13.0 Å². The third-order valence-corrected chi connectivity index (χ3v) is 6.26. The number of amides is 1. The Morgan fingerprint density at radius 3 is 2.66 bits per heavy atom. The van der Waals surface area contributed by atoms with Crippen LogP contribution in [0.1, 0.15) is 44.2 Å². The average Bonchev–Trinajstić information content (AvgIpc) is 2.75. The van der Waals surface area contributed by atoms with Crippen molar-refractivity contribution in [3.8, 4) is 0 Å². The summed E-state index contributed by atoms with van der Waals surface area (Å²) >= 11 is 0. The van der Waals surface area contributed by atoms with Crippen LogP contribution in [0.15, 0.2) is 29.1 Å². The van der Waals surface area contributed by atoms with Crippen LogP contribution in [0.2, 0.25) is 0 Å². The minimum Gasteiger partial charge on any atom is -0.455 e. The van der Waals surface area contributed by atoms with Crippen molar-refractivity contribution in [1.29, 1.82) is 0 Å². The molecule has 1 aliphatic carbocycles. The summed E-state index contributed by atoms with van der Waals surface area (Å²) in [6.45, 7) is 0.524. The summed E-state index contributed by atoms with van der Waals surface area (Å²) in [7, 11) is 1.56. The molecule has 0 unspecified atom stereocenters. The lowest BCUT2D eigenvalue weighted by Crippen LogP contribution is -2.50. The minimum atomic E-state index is -0.508. The largest absolute Gasteiger partial charge is 0.455 e. The van der Waals surface area contributed by atoms with Crippen molar-refractivity contribution in [3.63, 3.8) is 0 Å². The second-order valence-electron chi connectivity index (χ2n) is 8.10. The van der Waals surface area contributed by atoms with Crippen LogP contribution in [0.3, 0.4) is 0 Å². The zero-order valence-corrected chi connectivity index (χ0v) is 16.8. The first-order valence-corrected chi connectivity index (χ1v) is 10.4. The molecule has 0 N–H and O–H groups in total. The van der Waals surface area contributed by atoms with Crippen molar-refractivity contribution >= 4 is 22.6 Å². The van der Waals surface area contributed by atoms with Crippen LogP contribution >= 0.6 is 0 Å². The number of hydrogen-bond donors (Lipinski definition) is 0. The van der Waals surface area contributed by atoms with Gasteiger partial charge in [0.25, 0.3) is 11.5 Å². The Balaban J connectivity index is 1.40. The second-order valence-corrected chi connectivity index (χ2v) is 8.10. The fourth-order valence-electron chi connectivity index (χ4n) is 4.85. The molecule has 154 valence electrons. The number of carbonyl (C=O) groups is 2. The van der Waals surface area contributed by atoms with Crippen LogP contribution < -0.4 is 5.56 Å². The molecular weight excluding hydrogens is 370 g/mol. The average molecular weight is 397 g/mol. The smallest absolute Gasteiger partial charge is 0.312 e. The Hall–Kier alpha value is -2.70. The monoisotopic (exact) mass is 397 g/mol. The van der Waals surface area contributed by atoms with Gasteiger partial charge in [-0.25, -0.2) is 4.68 Å². The van der Waals surface area contributed by atoms with E-state index in [0.29, 0.717) is 28.4 Å². The maximum Gasteiger partial charge on any atom is 0.312 e. The third kappa shape index (κ3) is 4.04. The van der Waals surface area contributed by atoms with E-state index in [2.05, 4.69) is 5.10 Å². The molecular formula is C22H27N3O4. The number of esters is 1. The van der Waals surface area contributed by atoms with E-state index in [9.17, 15) is 14.4 Å². The lowest BCUT2D eigenvalue weighted by molar-refractivity contribution is -0.154. The lowest BCUT2D eigenvalue weighted by Gasteiger charge is -2.44. The normalized spacial score (nSPS) is 21.6. The van der Waals surface area contributed by atoms with Gasteiger partial charge >= 0.3 is 5.97 Å². The minimum absolute atomic E-state index is 0.0754. The van der Waals surface area contributed by atoms with Crippen LogP contribution in [0, 0.1) is 5.92 Å². The number of aromatic nitrogens is 2. The number of aryl methyl sites for hydroxylation is 1. The molecule has 1 amide bonds. The Labute approximate surface area is 169 Å². The molecule has 2 fully saturated rings. The van der Waals surface area contributed by atoms with Crippen molar-refractivity contribution in [3.05, 3.63) is 40.3 Å². The van der Waals surface area contributed by atoms with Gasteiger partial charge in [-0.15, -0.1) is 0 Å². The quantitative estimate of drug-likeness (QED) is 0.739. The van der Waals surface area contributed by atoms with Crippen LogP contribution in [0.4, 0.5) is 0 Å². The number of rotatable bonds is 4. The standard InChI is InChI=1S/C22H27N3O4/c1-24-22(28)17-10-4-3-9-16(17)18(23-24)13-21(27)29-14-20(26)25-12-6-8-15-7-2-5-11-19(15)25/h3-4,9-10,15,19H,2,5-8,11-14H2,1H3/t15-,19-/m1/s1. The van der Waals surface area contributed by atoms with Crippen molar-refractivity contribution in [2.75, 3.05) is 13.2 Å². The summed E-state index contributed by atoms with van der Waals surface area (Å²) < 4.78 is 6.53. The highest BCUT2D eigenvalue weighted by molar-refractivity contribution is 5.87. The number of fused-ring (bicyclic) bond motifs is 2. The fourth-order valence-corrected chi connectivity index (χ4v) is 4.85. The molecule has 1 aromatic carbocycles. The van der Waals surface area contributed by atoms with Crippen LogP contribution in [0.5, 0.6) is 0 Å². The van der Waals surface area contributed by atoms with E-state index in [1.54, 1.807) is 31.3 Å². The fraction of sp³-hybridized carbons (Fsp3) is 0.545. The first kappa shape index (κ1) is 19.6. The predicted molar refractivity (Wildman–Crippen MR) is 108 cm³/mol. The molecule has 2 atom stereocenters. The van der Waals surface area contributed by atoms with Gasteiger partial charge in [0.2, 0.25) is 0 Å². The number of piperidine rings is 1.